The van der Waals surface area contributed by atoms with E-state index in [0.717, 1.165) is 6.42 Å². The van der Waals surface area contributed by atoms with Crippen molar-refractivity contribution in [3.05, 3.63) is 24.0 Å². The van der Waals surface area contributed by atoms with E-state index < -0.39 is 5.82 Å². The van der Waals surface area contributed by atoms with Crippen molar-refractivity contribution < 1.29 is 9.18 Å². The lowest BCUT2D eigenvalue weighted by molar-refractivity contribution is -0.116. The first kappa shape index (κ1) is 12.9. The van der Waals surface area contributed by atoms with Gasteiger partial charge in [0.2, 0.25) is 5.91 Å². The molecular formula is C14H19FN2O. The second kappa shape index (κ2) is 5.85. The lowest BCUT2D eigenvalue weighted by atomic mass is 10.0. The molecule has 0 saturated heterocycles. The number of benzene rings is 1. The number of halogens is 1. The van der Waals surface area contributed by atoms with E-state index in [1.54, 1.807) is 0 Å². The fourth-order valence-electron chi connectivity index (χ4n) is 2.49. The van der Waals surface area contributed by atoms with Gasteiger partial charge in [-0.3, -0.25) is 4.79 Å². The summed E-state index contributed by atoms with van der Waals surface area (Å²) in [7, 11) is 0. The molecule has 1 aromatic carbocycles. The molecule has 1 aromatic rings. The summed E-state index contributed by atoms with van der Waals surface area (Å²) in [5.41, 5.74) is 6.18. The van der Waals surface area contributed by atoms with E-state index in [0.29, 0.717) is 18.0 Å². The average Bonchev–Trinajstić information content (AvgIpc) is 2.84. The van der Waals surface area contributed by atoms with E-state index >= 15 is 0 Å². The molecule has 0 atom stereocenters. The highest BCUT2D eigenvalue weighted by molar-refractivity contribution is 5.91. The molecule has 0 radical (unpaired) electrons. The molecule has 0 aliphatic heterocycles. The molecule has 2 rings (SSSR count). The molecule has 0 aromatic heterocycles. The Labute approximate surface area is 107 Å². The summed E-state index contributed by atoms with van der Waals surface area (Å²) in [6.07, 6.45) is 6.35. The number of nitrogens with two attached hydrogens (primary N) is 1. The predicted molar refractivity (Wildman–Crippen MR) is 70.6 cm³/mol. The van der Waals surface area contributed by atoms with Crippen molar-refractivity contribution in [1.82, 2.24) is 0 Å². The maximum Gasteiger partial charge on any atom is 0.224 e. The maximum atomic E-state index is 13.4. The van der Waals surface area contributed by atoms with Crippen molar-refractivity contribution >= 4 is 17.3 Å². The van der Waals surface area contributed by atoms with Crippen LogP contribution in [0.1, 0.15) is 38.5 Å². The highest BCUT2D eigenvalue weighted by Crippen LogP contribution is 2.28. The summed E-state index contributed by atoms with van der Waals surface area (Å²) < 4.78 is 13.4. The molecule has 98 valence electrons. The molecular weight excluding hydrogens is 231 g/mol. The van der Waals surface area contributed by atoms with Crippen LogP contribution < -0.4 is 11.1 Å². The molecule has 1 amide bonds. The third-order valence-corrected chi connectivity index (χ3v) is 3.52. The van der Waals surface area contributed by atoms with Crippen LogP contribution in [0.2, 0.25) is 0 Å². The van der Waals surface area contributed by atoms with Crippen molar-refractivity contribution in [2.45, 2.75) is 38.5 Å². The van der Waals surface area contributed by atoms with Crippen LogP contribution in [-0.4, -0.2) is 5.91 Å². The van der Waals surface area contributed by atoms with Gasteiger partial charge in [-0.1, -0.05) is 25.7 Å². The molecule has 3 N–H and O–H groups in total. The lowest BCUT2D eigenvalue weighted by Gasteiger charge is -2.10. The van der Waals surface area contributed by atoms with Crippen LogP contribution in [0.3, 0.4) is 0 Å². The molecule has 1 fully saturated rings. The Hall–Kier alpha value is -1.58. The largest absolute Gasteiger partial charge is 0.399 e. The normalized spacial score (nSPS) is 15.8. The third-order valence-electron chi connectivity index (χ3n) is 3.52. The second-order valence-electron chi connectivity index (χ2n) is 4.98. The third kappa shape index (κ3) is 3.45. The number of anilines is 2. The van der Waals surface area contributed by atoms with Crippen molar-refractivity contribution in [3.8, 4) is 0 Å². The van der Waals surface area contributed by atoms with E-state index in [4.69, 9.17) is 5.73 Å². The van der Waals surface area contributed by atoms with Gasteiger partial charge >= 0.3 is 0 Å². The maximum absolute atomic E-state index is 13.4. The van der Waals surface area contributed by atoms with E-state index in [9.17, 15) is 9.18 Å². The summed E-state index contributed by atoms with van der Waals surface area (Å²) in [5, 5.41) is 2.58. The number of carbonyl (C=O) groups is 1. The second-order valence-corrected chi connectivity index (χ2v) is 4.98. The smallest absolute Gasteiger partial charge is 0.224 e. The van der Waals surface area contributed by atoms with Gasteiger partial charge in [0.1, 0.15) is 5.82 Å². The van der Waals surface area contributed by atoms with Gasteiger partial charge in [0.05, 0.1) is 5.69 Å². The van der Waals surface area contributed by atoms with Crippen molar-refractivity contribution in [2.75, 3.05) is 11.1 Å². The Morgan fingerprint density at radius 1 is 1.39 bits per heavy atom. The highest BCUT2D eigenvalue weighted by atomic mass is 19.1. The predicted octanol–water partition coefficient (Wildman–Crippen LogP) is 3.32. The SMILES string of the molecule is Nc1ccc(F)c(NC(=O)CCC2CCCC2)c1. The monoisotopic (exact) mass is 250 g/mol. The van der Waals surface area contributed by atoms with Crippen LogP contribution in [0.5, 0.6) is 0 Å². The molecule has 0 unspecified atom stereocenters. The first-order valence-corrected chi connectivity index (χ1v) is 6.50. The number of nitrogens with one attached hydrogen (secondary N) is 1. The number of rotatable bonds is 4. The topological polar surface area (TPSA) is 55.1 Å². The highest BCUT2D eigenvalue weighted by Gasteiger charge is 2.16. The summed E-state index contributed by atoms with van der Waals surface area (Å²) in [5.74, 6) is 0.0891. The molecule has 3 nitrogen and oxygen atoms in total. The Kier molecular flexibility index (Phi) is 4.18. The van der Waals surface area contributed by atoms with Crippen LogP contribution in [0.4, 0.5) is 15.8 Å². The van der Waals surface area contributed by atoms with Gasteiger partial charge in [0.25, 0.3) is 0 Å². The Morgan fingerprint density at radius 3 is 2.83 bits per heavy atom. The van der Waals surface area contributed by atoms with E-state index in [2.05, 4.69) is 5.32 Å². The molecule has 0 spiro atoms. The molecule has 0 heterocycles. The molecule has 0 bridgehead atoms. The minimum absolute atomic E-state index is 0.133. The van der Waals surface area contributed by atoms with E-state index in [1.165, 1.54) is 43.9 Å². The van der Waals surface area contributed by atoms with Gasteiger partial charge in [0.15, 0.2) is 0 Å². The first-order chi connectivity index (χ1) is 8.65. The fraction of sp³-hybridized carbons (Fsp3) is 0.500. The zero-order valence-corrected chi connectivity index (χ0v) is 10.4. The number of hydrogen-bond acceptors (Lipinski definition) is 2. The lowest BCUT2D eigenvalue weighted by Crippen LogP contribution is -2.14. The standard InChI is InChI=1S/C14H19FN2O/c15-12-7-6-11(16)9-13(12)17-14(18)8-5-10-3-1-2-4-10/h6-7,9-10H,1-5,8,16H2,(H,17,18). The summed E-state index contributed by atoms with van der Waals surface area (Å²) >= 11 is 0. The van der Waals surface area contributed by atoms with Gasteiger partial charge in [-0.2, -0.15) is 0 Å². The van der Waals surface area contributed by atoms with E-state index in [-0.39, 0.29) is 11.6 Å². The average molecular weight is 250 g/mol. The van der Waals surface area contributed by atoms with Crippen molar-refractivity contribution in [3.63, 3.8) is 0 Å². The van der Waals surface area contributed by atoms with Gasteiger partial charge < -0.3 is 11.1 Å². The first-order valence-electron chi connectivity index (χ1n) is 6.50. The summed E-state index contributed by atoms with van der Waals surface area (Å²) in [6.45, 7) is 0. The number of hydrogen-bond donors (Lipinski definition) is 2. The minimum Gasteiger partial charge on any atom is -0.399 e. The Morgan fingerprint density at radius 2 is 2.11 bits per heavy atom. The van der Waals surface area contributed by atoms with Crippen LogP contribution in [0.15, 0.2) is 18.2 Å². The molecule has 1 aliphatic rings. The van der Waals surface area contributed by atoms with Gasteiger partial charge in [-0.25, -0.2) is 4.39 Å². The van der Waals surface area contributed by atoms with Crippen molar-refractivity contribution in [1.29, 1.82) is 0 Å². The zero-order valence-electron chi connectivity index (χ0n) is 10.4. The Bertz CT molecular complexity index is 428. The van der Waals surface area contributed by atoms with Crippen LogP contribution in [0.25, 0.3) is 0 Å². The van der Waals surface area contributed by atoms with E-state index in [1.807, 2.05) is 0 Å². The Balaban J connectivity index is 1.84. The van der Waals surface area contributed by atoms with Gasteiger partial charge in [-0.05, 0) is 30.5 Å². The zero-order chi connectivity index (χ0) is 13.0. The molecule has 1 aliphatic carbocycles. The summed E-state index contributed by atoms with van der Waals surface area (Å²) in [4.78, 5) is 11.7. The van der Waals surface area contributed by atoms with Crippen molar-refractivity contribution in [2.24, 2.45) is 5.92 Å². The van der Waals surface area contributed by atoms with Gasteiger partial charge in [0, 0.05) is 12.1 Å². The number of nitrogen functional groups attached to an aromatic ring is 1. The fourth-order valence-corrected chi connectivity index (χ4v) is 2.49. The summed E-state index contributed by atoms with van der Waals surface area (Å²) in [6, 6.07) is 4.19. The number of carbonyl (C=O) groups excluding carboxylic acids is 1. The minimum atomic E-state index is -0.446. The molecule has 4 heteroatoms. The quantitative estimate of drug-likeness (QED) is 0.805. The molecule has 18 heavy (non-hydrogen) atoms. The molecule has 1 saturated carbocycles. The van der Waals surface area contributed by atoms with Crippen LogP contribution in [-0.2, 0) is 4.79 Å². The van der Waals surface area contributed by atoms with Crippen LogP contribution in [0, 0.1) is 11.7 Å². The number of amides is 1. The van der Waals surface area contributed by atoms with Crippen LogP contribution >= 0.6 is 0 Å². The van der Waals surface area contributed by atoms with Gasteiger partial charge in [-0.15, -0.1) is 0 Å².